The molecule has 1 saturated heterocycles. The third-order valence-corrected chi connectivity index (χ3v) is 5.41. The normalized spacial score (nSPS) is 20.0. The van der Waals surface area contributed by atoms with Crippen LogP contribution in [0.2, 0.25) is 5.02 Å². The number of hydrogen-bond donors (Lipinski definition) is 0. The van der Waals surface area contributed by atoms with Gasteiger partial charge in [-0.15, -0.1) is 0 Å². The number of likely N-dealkylation sites (tertiary alicyclic amines) is 1. The van der Waals surface area contributed by atoms with Gasteiger partial charge in [-0.05, 0) is 42.5 Å². The highest BCUT2D eigenvalue weighted by Crippen LogP contribution is 2.30. The molecule has 1 fully saturated rings. The number of para-hydroxylation sites is 1. The smallest absolute Gasteiger partial charge is 0.254 e. The number of rotatable bonds is 2. The van der Waals surface area contributed by atoms with Crippen LogP contribution in [-0.2, 0) is 0 Å². The second-order valence-corrected chi connectivity index (χ2v) is 7.97. The fourth-order valence-electron chi connectivity index (χ4n) is 4.04. The van der Waals surface area contributed by atoms with Crippen LogP contribution in [0, 0.1) is 11.8 Å². The van der Waals surface area contributed by atoms with Gasteiger partial charge in [-0.2, -0.15) is 0 Å². The maximum Gasteiger partial charge on any atom is 0.254 e. The predicted octanol–water partition coefficient (Wildman–Crippen LogP) is 5.07. The summed E-state index contributed by atoms with van der Waals surface area (Å²) in [6.07, 6.45) is 2.88. The fourth-order valence-corrected chi connectivity index (χ4v) is 4.25. The van der Waals surface area contributed by atoms with Crippen molar-refractivity contribution in [1.29, 1.82) is 0 Å². The van der Waals surface area contributed by atoms with Crippen molar-refractivity contribution in [3.8, 4) is 11.4 Å². The summed E-state index contributed by atoms with van der Waals surface area (Å²) in [5.74, 6) is 1.05. The molecule has 1 aromatic carbocycles. The highest BCUT2D eigenvalue weighted by atomic mass is 35.5. The quantitative estimate of drug-likeness (QED) is 0.624. The van der Waals surface area contributed by atoms with Gasteiger partial charge >= 0.3 is 0 Å². The first-order valence-corrected chi connectivity index (χ1v) is 9.70. The van der Waals surface area contributed by atoms with Gasteiger partial charge in [0, 0.05) is 24.7 Å². The van der Waals surface area contributed by atoms with E-state index in [1.807, 2.05) is 41.3 Å². The number of pyridine rings is 2. The molecule has 0 spiro atoms. The molecule has 1 aliphatic rings. The largest absolute Gasteiger partial charge is 0.338 e. The monoisotopic (exact) mass is 379 g/mol. The molecule has 138 valence electrons. The molecule has 3 aromatic rings. The van der Waals surface area contributed by atoms with Crippen LogP contribution in [-0.4, -0.2) is 33.9 Å². The molecule has 1 aliphatic heterocycles. The summed E-state index contributed by atoms with van der Waals surface area (Å²) in [6.45, 7) is 5.98. The summed E-state index contributed by atoms with van der Waals surface area (Å²) in [6, 6.07) is 13.1. The third kappa shape index (κ3) is 3.54. The lowest BCUT2D eigenvalue weighted by Crippen LogP contribution is -2.42. The first kappa shape index (κ1) is 17.9. The average Bonchev–Trinajstić information content (AvgIpc) is 2.67. The van der Waals surface area contributed by atoms with Crippen LogP contribution in [0.25, 0.3) is 22.3 Å². The summed E-state index contributed by atoms with van der Waals surface area (Å²) in [5.41, 5.74) is 2.68. The van der Waals surface area contributed by atoms with Gasteiger partial charge in [0.15, 0.2) is 0 Å². The number of halogens is 1. The van der Waals surface area contributed by atoms with E-state index < -0.39 is 0 Å². The number of benzene rings is 1. The fraction of sp³-hybridized carbons (Fsp3) is 0.318. The van der Waals surface area contributed by atoms with Crippen molar-refractivity contribution in [3.05, 3.63) is 59.2 Å². The predicted molar refractivity (Wildman–Crippen MR) is 109 cm³/mol. The van der Waals surface area contributed by atoms with E-state index in [4.69, 9.17) is 16.6 Å². The Bertz CT molecular complexity index is 980. The summed E-state index contributed by atoms with van der Waals surface area (Å²) in [4.78, 5) is 24.5. The molecule has 27 heavy (non-hydrogen) atoms. The summed E-state index contributed by atoms with van der Waals surface area (Å²) >= 11 is 6.42. The van der Waals surface area contributed by atoms with E-state index in [-0.39, 0.29) is 5.91 Å². The lowest BCUT2D eigenvalue weighted by molar-refractivity contribution is 0.0625. The number of amides is 1. The number of piperidine rings is 1. The first-order chi connectivity index (χ1) is 13.0. The van der Waals surface area contributed by atoms with E-state index in [9.17, 15) is 4.79 Å². The third-order valence-electron chi connectivity index (χ3n) is 5.10. The lowest BCUT2D eigenvalue weighted by atomic mass is 9.91. The molecule has 0 N–H and O–H groups in total. The summed E-state index contributed by atoms with van der Waals surface area (Å²) < 4.78 is 0. The molecule has 3 heterocycles. The second-order valence-electron chi connectivity index (χ2n) is 7.56. The van der Waals surface area contributed by atoms with Crippen LogP contribution in [0.4, 0.5) is 0 Å². The second kappa shape index (κ2) is 7.28. The minimum Gasteiger partial charge on any atom is -0.338 e. The van der Waals surface area contributed by atoms with E-state index in [2.05, 4.69) is 18.8 Å². The number of fused-ring (bicyclic) bond motifs is 1. The Labute approximate surface area is 164 Å². The Hall–Kier alpha value is -2.46. The van der Waals surface area contributed by atoms with Gasteiger partial charge in [0.1, 0.15) is 0 Å². The van der Waals surface area contributed by atoms with Crippen molar-refractivity contribution < 1.29 is 4.79 Å². The van der Waals surface area contributed by atoms with E-state index in [1.54, 1.807) is 12.3 Å². The van der Waals surface area contributed by atoms with Crippen molar-refractivity contribution in [1.82, 2.24) is 14.9 Å². The molecule has 2 aromatic heterocycles. The molecule has 0 unspecified atom stereocenters. The van der Waals surface area contributed by atoms with Crippen LogP contribution in [0.15, 0.2) is 48.7 Å². The van der Waals surface area contributed by atoms with E-state index in [0.29, 0.717) is 33.6 Å². The van der Waals surface area contributed by atoms with Crippen LogP contribution < -0.4 is 0 Å². The Morgan fingerprint density at radius 3 is 2.56 bits per heavy atom. The average molecular weight is 380 g/mol. The number of nitrogens with zero attached hydrogens (tertiary/aromatic N) is 3. The topological polar surface area (TPSA) is 46.1 Å². The van der Waals surface area contributed by atoms with Gasteiger partial charge < -0.3 is 4.90 Å². The van der Waals surface area contributed by atoms with Gasteiger partial charge in [0.2, 0.25) is 0 Å². The highest BCUT2D eigenvalue weighted by Gasteiger charge is 2.28. The Kier molecular flexibility index (Phi) is 4.83. The Balaban J connectivity index is 1.86. The van der Waals surface area contributed by atoms with E-state index in [1.165, 1.54) is 0 Å². The molecule has 4 nitrogen and oxygen atoms in total. The van der Waals surface area contributed by atoms with Gasteiger partial charge in [-0.1, -0.05) is 43.6 Å². The van der Waals surface area contributed by atoms with Gasteiger partial charge in [-0.25, -0.2) is 4.98 Å². The van der Waals surface area contributed by atoms with Crippen molar-refractivity contribution in [3.63, 3.8) is 0 Å². The minimum absolute atomic E-state index is 0.0419. The first-order valence-electron chi connectivity index (χ1n) is 9.33. The van der Waals surface area contributed by atoms with Crippen LogP contribution in [0.1, 0.15) is 30.6 Å². The molecule has 0 saturated carbocycles. The molecule has 0 bridgehead atoms. The number of aromatic nitrogens is 2. The van der Waals surface area contributed by atoms with Crippen molar-refractivity contribution in [2.24, 2.45) is 11.8 Å². The van der Waals surface area contributed by atoms with E-state index in [0.717, 1.165) is 30.6 Å². The van der Waals surface area contributed by atoms with Crippen molar-refractivity contribution in [2.45, 2.75) is 20.3 Å². The van der Waals surface area contributed by atoms with Gasteiger partial charge in [0.05, 0.1) is 27.5 Å². The maximum atomic E-state index is 13.4. The lowest BCUT2D eigenvalue weighted by Gasteiger charge is -2.35. The molecule has 0 radical (unpaired) electrons. The van der Waals surface area contributed by atoms with Crippen molar-refractivity contribution >= 4 is 28.4 Å². The zero-order valence-corrected chi connectivity index (χ0v) is 16.3. The van der Waals surface area contributed by atoms with Crippen LogP contribution in [0.3, 0.4) is 0 Å². The molecule has 2 atom stereocenters. The zero-order valence-electron chi connectivity index (χ0n) is 15.5. The van der Waals surface area contributed by atoms with Crippen molar-refractivity contribution in [2.75, 3.05) is 13.1 Å². The Morgan fingerprint density at radius 2 is 1.85 bits per heavy atom. The van der Waals surface area contributed by atoms with E-state index >= 15 is 0 Å². The molecule has 4 rings (SSSR count). The Morgan fingerprint density at radius 1 is 1.07 bits per heavy atom. The SMILES string of the molecule is C[C@@H]1C[C@H](C)CN(C(=O)c2cc(-c3ccccn3)nc3c(Cl)cccc23)C1. The summed E-state index contributed by atoms with van der Waals surface area (Å²) in [7, 11) is 0. The minimum atomic E-state index is 0.0419. The van der Waals surface area contributed by atoms with Crippen LogP contribution >= 0.6 is 11.6 Å². The number of carbonyl (C=O) groups is 1. The molecule has 5 heteroatoms. The van der Waals surface area contributed by atoms with Gasteiger partial charge in [-0.3, -0.25) is 9.78 Å². The number of carbonyl (C=O) groups excluding carboxylic acids is 1. The molecule has 1 amide bonds. The standard InChI is InChI=1S/C22H22ClN3O/c1-14-10-15(2)13-26(12-14)22(27)17-11-20(19-8-3-4-9-24-19)25-21-16(17)6-5-7-18(21)23/h3-9,11,14-15H,10,12-13H2,1-2H3/t14-,15+. The maximum absolute atomic E-state index is 13.4. The summed E-state index contributed by atoms with van der Waals surface area (Å²) in [5, 5.41) is 1.33. The van der Waals surface area contributed by atoms with Crippen LogP contribution in [0.5, 0.6) is 0 Å². The number of hydrogen-bond acceptors (Lipinski definition) is 3. The van der Waals surface area contributed by atoms with Gasteiger partial charge in [0.25, 0.3) is 5.91 Å². The molecule has 0 aliphatic carbocycles. The zero-order chi connectivity index (χ0) is 19.0. The molecular weight excluding hydrogens is 358 g/mol. The molecular formula is C22H22ClN3O. The highest BCUT2D eigenvalue weighted by molar-refractivity contribution is 6.35.